The molecule has 0 amide bonds. The minimum Gasteiger partial charge on any atom is -0.351 e. The molecule has 4 nitrogen and oxygen atoms in total. The van der Waals surface area contributed by atoms with E-state index in [0.29, 0.717) is 30.6 Å². The molecular formula is C11H15N3O. The van der Waals surface area contributed by atoms with Gasteiger partial charge in [0, 0.05) is 30.8 Å². The van der Waals surface area contributed by atoms with E-state index in [1.54, 1.807) is 6.20 Å². The fraction of sp³-hybridized carbons (Fsp3) is 0.545. The predicted octanol–water partition coefficient (Wildman–Crippen LogP) is 1.71. The third kappa shape index (κ3) is 2.75. The van der Waals surface area contributed by atoms with Crippen LogP contribution in [0.4, 0.5) is 5.95 Å². The lowest BCUT2D eigenvalue weighted by atomic mass is 9.94. The van der Waals surface area contributed by atoms with Crippen LogP contribution in [-0.4, -0.2) is 21.8 Å². The average Bonchev–Trinajstić information content (AvgIpc) is 2.22. The SMILES string of the molecule is Cc1ccnc(NC2CCC(=O)CC2)n1. The molecule has 15 heavy (non-hydrogen) atoms. The molecule has 0 bridgehead atoms. The van der Waals surface area contributed by atoms with Gasteiger partial charge in [0.1, 0.15) is 5.78 Å². The number of carbonyl (C=O) groups is 1. The maximum Gasteiger partial charge on any atom is 0.223 e. The molecule has 1 aliphatic rings. The van der Waals surface area contributed by atoms with E-state index in [2.05, 4.69) is 15.3 Å². The molecule has 0 radical (unpaired) electrons. The minimum atomic E-state index is 0.351. The van der Waals surface area contributed by atoms with Crippen LogP contribution in [-0.2, 0) is 4.79 Å². The maximum absolute atomic E-state index is 11.1. The highest BCUT2D eigenvalue weighted by atomic mass is 16.1. The van der Waals surface area contributed by atoms with E-state index in [0.717, 1.165) is 18.5 Å². The fourth-order valence-corrected chi connectivity index (χ4v) is 1.79. The molecule has 0 spiro atoms. The standard InChI is InChI=1S/C11H15N3O/c1-8-6-7-12-11(13-8)14-9-2-4-10(15)5-3-9/h6-7,9H,2-5H2,1H3,(H,12,13,14). The maximum atomic E-state index is 11.1. The summed E-state index contributed by atoms with van der Waals surface area (Å²) in [6, 6.07) is 2.22. The molecule has 1 fully saturated rings. The van der Waals surface area contributed by atoms with Gasteiger partial charge in [0.25, 0.3) is 0 Å². The molecule has 1 aliphatic carbocycles. The second-order valence-electron chi connectivity index (χ2n) is 3.98. The molecule has 0 saturated heterocycles. The Morgan fingerprint density at radius 3 is 2.80 bits per heavy atom. The molecule has 80 valence electrons. The zero-order valence-corrected chi connectivity index (χ0v) is 8.86. The molecule has 4 heteroatoms. The number of anilines is 1. The number of rotatable bonds is 2. The molecule has 0 aromatic carbocycles. The van der Waals surface area contributed by atoms with Crippen LogP contribution in [0.3, 0.4) is 0 Å². The Kier molecular flexibility index (Phi) is 2.94. The Morgan fingerprint density at radius 2 is 2.13 bits per heavy atom. The monoisotopic (exact) mass is 205 g/mol. The van der Waals surface area contributed by atoms with Gasteiger partial charge in [0.15, 0.2) is 0 Å². The van der Waals surface area contributed by atoms with Crippen LogP contribution in [0.5, 0.6) is 0 Å². The lowest BCUT2D eigenvalue weighted by molar-refractivity contribution is -0.120. The van der Waals surface area contributed by atoms with Crippen molar-refractivity contribution in [2.45, 2.75) is 38.6 Å². The third-order valence-electron chi connectivity index (χ3n) is 2.67. The van der Waals surface area contributed by atoms with Gasteiger partial charge in [0.2, 0.25) is 5.95 Å². The summed E-state index contributed by atoms with van der Waals surface area (Å²) in [6.07, 6.45) is 4.91. The summed E-state index contributed by atoms with van der Waals surface area (Å²) in [5.41, 5.74) is 0.958. The number of ketones is 1. The summed E-state index contributed by atoms with van der Waals surface area (Å²) in [5, 5.41) is 3.27. The van der Waals surface area contributed by atoms with Gasteiger partial charge in [-0.3, -0.25) is 4.79 Å². The topological polar surface area (TPSA) is 54.9 Å². The van der Waals surface area contributed by atoms with Gasteiger partial charge >= 0.3 is 0 Å². The van der Waals surface area contributed by atoms with E-state index in [1.165, 1.54) is 0 Å². The van der Waals surface area contributed by atoms with E-state index in [1.807, 2.05) is 13.0 Å². The van der Waals surface area contributed by atoms with E-state index >= 15 is 0 Å². The third-order valence-corrected chi connectivity index (χ3v) is 2.67. The first kappa shape index (κ1) is 10.1. The van der Waals surface area contributed by atoms with Crippen LogP contribution in [0.25, 0.3) is 0 Å². The molecule has 2 rings (SSSR count). The van der Waals surface area contributed by atoms with Gasteiger partial charge in [-0.25, -0.2) is 9.97 Å². The first-order valence-electron chi connectivity index (χ1n) is 5.32. The van der Waals surface area contributed by atoms with Crippen molar-refractivity contribution in [2.24, 2.45) is 0 Å². The van der Waals surface area contributed by atoms with E-state index in [9.17, 15) is 4.79 Å². The van der Waals surface area contributed by atoms with Crippen molar-refractivity contribution in [2.75, 3.05) is 5.32 Å². The van der Waals surface area contributed by atoms with Crippen molar-refractivity contribution in [1.29, 1.82) is 0 Å². The smallest absolute Gasteiger partial charge is 0.223 e. The Balaban J connectivity index is 1.94. The van der Waals surface area contributed by atoms with Crippen molar-refractivity contribution < 1.29 is 4.79 Å². The molecule has 0 unspecified atom stereocenters. The van der Waals surface area contributed by atoms with Gasteiger partial charge in [-0.2, -0.15) is 0 Å². The van der Waals surface area contributed by atoms with E-state index in [-0.39, 0.29) is 0 Å². The Labute approximate surface area is 89.1 Å². The quantitative estimate of drug-likeness (QED) is 0.798. The lowest BCUT2D eigenvalue weighted by Crippen LogP contribution is -2.26. The van der Waals surface area contributed by atoms with Gasteiger partial charge in [-0.05, 0) is 25.8 Å². The minimum absolute atomic E-state index is 0.351. The van der Waals surface area contributed by atoms with Gasteiger partial charge in [-0.15, -0.1) is 0 Å². The number of aryl methyl sites for hydroxylation is 1. The number of nitrogens with zero attached hydrogens (tertiary/aromatic N) is 2. The van der Waals surface area contributed by atoms with Crippen LogP contribution >= 0.6 is 0 Å². The fourth-order valence-electron chi connectivity index (χ4n) is 1.79. The Morgan fingerprint density at radius 1 is 1.40 bits per heavy atom. The molecule has 1 aromatic rings. The predicted molar refractivity (Wildman–Crippen MR) is 57.7 cm³/mol. The zero-order chi connectivity index (χ0) is 10.7. The number of hydrogen-bond donors (Lipinski definition) is 1. The normalized spacial score (nSPS) is 17.8. The van der Waals surface area contributed by atoms with Crippen LogP contribution in [0.1, 0.15) is 31.4 Å². The van der Waals surface area contributed by atoms with Gasteiger partial charge < -0.3 is 5.32 Å². The number of nitrogens with one attached hydrogen (secondary N) is 1. The summed E-state index contributed by atoms with van der Waals surface area (Å²) >= 11 is 0. The molecular weight excluding hydrogens is 190 g/mol. The van der Waals surface area contributed by atoms with Gasteiger partial charge in [-0.1, -0.05) is 0 Å². The highest BCUT2D eigenvalue weighted by Crippen LogP contribution is 2.17. The number of Topliss-reactive ketones (excluding diaryl/α,β-unsaturated/α-hetero) is 1. The second kappa shape index (κ2) is 4.38. The Hall–Kier alpha value is -1.45. The molecule has 1 heterocycles. The van der Waals surface area contributed by atoms with Crippen molar-refractivity contribution in [3.8, 4) is 0 Å². The largest absolute Gasteiger partial charge is 0.351 e. The molecule has 0 atom stereocenters. The van der Waals surface area contributed by atoms with Crippen LogP contribution in [0, 0.1) is 6.92 Å². The molecule has 0 aliphatic heterocycles. The highest BCUT2D eigenvalue weighted by Gasteiger charge is 2.18. The summed E-state index contributed by atoms with van der Waals surface area (Å²) in [5.74, 6) is 1.05. The number of carbonyl (C=O) groups excluding carboxylic acids is 1. The first-order valence-corrected chi connectivity index (χ1v) is 5.32. The van der Waals surface area contributed by atoms with Crippen LogP contribution in [0.2, 0.25) is 0 Å². The number of hydrogen-bond acceptors (Lipinski definition) is 4. The highest BCUT2D eigenvalue weighted by molar-refractivity contribution is 5.79. The lowest BCUT2D eigenvalue weighted by Gasteiger charge is -2.21. The Bertz CT molecular complexity index is 355. The zero-order valence-electron chi connectivity index (χ0n) is 8.86. The molecule has 1 saturated carbocycles. The van der Waals surface area contributed by atoms with Crippen molar-refractivity contribution in [1.82, 2.24) is 9.97 Å². The average molecular weight is 205 g/mol. The van der Waals surface area contributed by atoms with Gasteiger partial charge in [0.05, 0.1) is 0 Å². The van der Waals surface area contributed by atoms with Crippen molar-refractivity contribution in [3.05, 3.63) is 18.0 Å². The second-order valence-corrected chi connectivity index (χ2v) is 3.98. The van der Waals surface area contributed by atoms with E-state index in [4.69, 9.17) is 0 Å². The van der Waals surface area contributed by atoms with Crippen molar-refractivity contribution >= 4 is 11.7 Å². The summed E-state index contributed by atoms with van der Waals surface area (Å²) in [4.78, 5) is 19.5. The molecule has 1 aromatic heterocycles. The van der Waals surface area contributed by atoms with Crippen molar-refractivity contribution in [3.63, 3.8) is 0 Å². The summed E-state index contributed by atoms with van der Waals surface area (Å²) < 4.78 is 0. The summed E-state index contributed by atoms with van der Waals surface area (Å²) in [6.45, 7) is 1.94. The summed E-state index contributed by atoms with van der Waals surface area (Å²) in [7, 11) is 0. The number of aromatic nitrogens is 2. The molecule has 1 N–H and O–H groups in total. The van der Waals surface area contributed by atoms with Crippen LogP contribution in [0.15, 0.2) is 12.3 Å². The first-order chi connectivity index (χ1) is 7.24. The van der Waals surface area contributed by atoms with E-state index < -0.39 is 0 Å². The van der Waals surface area contributed by atoms with Crippen LogP contribution < -0.4 is 5.32 Å².